The molecule has 5 aromatic rings. The number of halogens is 1. The Labute approximate surface area is 398 Å². The SMILES string of the molecule is O=C(COc1cccc2c1C(=O)N(C1CCC(=O)NC1=O)C2=O)NCCCCCCCN1CCN(c2cccc(C(=O)N3CCC[C@@H](Nc4ncc(Cl)c(-c5c[nH]c6ccccc56)n4)C3)c2)CC1. The summed E-state index contributed by atoms with van der Waals surface area (Å²) >= 11 is 6.58. The van der Waals surface area contributed by atoms with Crippen LogP contribution in [0.15, 0.2) is 79.1 Å². The number of para-hydroxylation sites is 1. The second-order valence-electron chi connectivity index (χ2n) is 17.8. The molecule has 1 unspecified atom stereocenters. The van der Waals surface area contributed by atoms with Crippen LogP contribution < -0.4 is 25.6 Å². The highest BCUT2D eigenvalue weighted by Crippen LogP contribution is 2.35. The molecule has 4 aliphatic rings. The Morgan fingerprint density at radius 1 is 0.853 bits per heavy atom. The number of aromatic nitrogens is 3. The van der Waals surface area contributed by atoms with Gasteiger partial charge < -0.3 is 30.2 Å². The number of ether oxygens (including phenoxy) is 1. The smallest absolute Gasteiger partial charge is 0.266 e. The Kier molecular flexibility index (Phi) is 14.3. The van der Waals surface area contributed by atoms with E-state index in [0.717, 1.165) is 105 Å². The second kappa shape index (κ2) is 21.0. The van der Waals surface area contributed by atoms with Gasteiger partial charge in [0.25, 0.3) is 23.6 Å². The van der Waals surface area contributed by atoms with Gasteiger partial charge in [-0.25, -0.2) is 9.97 Å². The van der Waals surface area contributed by atoms with Gasteiger partial charge in [-0.2, -0.15) is 0 Å². The fourth-order valence-corrected chi connectivity index (χ4v) is 9.81. The number of hydrogen-bond acceptors (Lipinski definition) is 12. The van der Waals surface area contributed by atoms with Gasteiger partial charge in [-0.3, -0.25) is 43.9 Å². The minimum atomic E-state index is -1.08. The van der Waals surface area contributed by atoms with Crippen LogP contribution in [0.1, 0.15) is 88.9 Å². The number of piperidine rings is 2. The molecule has 354 valence electrons. The number of nitrogens with zero attached hydrogens (tertiary/aromatic N) is 6. The van der Waals surface area contributed by atoms with Gasteiger partial charge in [0.05, 0.1) is 28.0 Å². The summed E-state index contributed by atoms with van der Waals surface area (Å²) in [6.45, 7) is 6.12. The molecule has 3 aromatic carbocycles. The van der Waals surface area contributed by atoms with Gasteiger partial charge in [-0.1, -0.05) is 61.2 Å². The van der Waals surface area contributed by atoms with Crippen LogP contribution in [0.2, 0.25) is 5.02 Å². The molecule has 4 N–H and O–H groups in total. The number of aromatic amines is 1. The molecule has 2 aromatic heterocycles. The number of H-pyrrole nitrogens is 1. The van der Waals surface area contributed by atoms with Gasteiger partial charge in [-0.05, 0) is 75.0 Å². The minimum Gasteiger partial charge on any atom is -0.483 e. The van der Waals surface area contributed by atoms with Crippen molar-refractivity contribution < 1.29 is 33.5 Å². The number of imide groups is 2. The molecular weight excluding hydrogens is 888 g/mol. The molecule has 2 atom stereocenters. The van der Waals surface area contributed by atoms with Gasteiger partial charge >= 0.3 is 0 Å². The number of benzene rings is 3. The Morgan fingerprint density at radius 2 is 1.66 bits per heavy atom. The van der Waals surface area contributed by atoms with E-state index in [2.05, 4.69) is 41.8 Å². The number of anilines is 2. The zero-order valence-corrected chi connectivity index (χ0v) is 38.6. The number of amides is 6. The monoisotopic (exact) mass is 942 g/mol. The summed E-state index contributed by atoms with van der Waals surface area (Å²) in [6.07, 6.45) is 10.4. The van der Waals surface area contributed by atoms with Crippen molar-refractivity contribution in [3.05, 3.63) is 101 Å². The van der Waals surface area contributed by atoms with Crippen molar-refractivity contribution in [3.8, 4) is 17.0 Å². The highest BCUT2D eigenvalue weighted by atomic mass is 35.5. The highest BCUT2D eigenvalue weighted by Gasteiger charge is 2.46. The molecule has 0 bridgehead atoms. The van der Waals surface area contributed by atoms with Crippen molar-refractivity contribution in [2.75, 3.05) is 69.2 Å². The minimum absolute atomic E-state index is 0.000309. The third-order valence-corrected chi connectivity index (χ3v) is 13.5. The van der Waals surface area contributed by atoms with Crippen LogP contribution in [-0.2, 0) is 14.4 Å². The first-order valence-electron chi connectivity index (χ1n) is 23.6. The number of hydrogen-bond donors (Lipinski definition) is 4. The predicted molar refractivity (Wildman–Crippen MR) is 257 cm³/mol. The molecule has 0 aliphatic carbocycles. The van der Waals surface area contributed by atoms with Crippen LogP contribution >= 0.6 is 11.6 Å². The van der Waals surface area contributed by atoms with E-state index >= 15 is 0 Å². The summed E-state index contributed by atoms with van der Waals surface area (Å²) in [6, 6.07) is 19.5. The summed E-state index contributed by atoms with van der Waals surface area (Å²) in [5, 5.41) is 10.0. The molecule has 68 heavy (non-hydrogen) atoms. The summed E-state index contributed by atoms with van der Waals surface area (Å²) in [5.41, 5.74) is 4.44. The lowest BCUT2D eigenvalue weighted by atomic mass is 10.0. The lowest BCUT2D eigenvalue weighted by molar-refractivity contribution is -0.136. The Morgan fingerprint density at radius 3 is 2.51 bits per heavy atom. The molecule has 4 aliphatic heterocycles. The number of fused-ring (bicyclic) bond motifs is 2. The molecule has 6 amide bonds. The van der Waals surface area contributed by atoms with Crippen molar-refractivity contribution in [3.63, 3.8) is 0 Å². The summed E-state index contributed by atoms with van der Waals surface area (Å²) in [4.78, 5) is 97.0. The maximum atomic E-state index is 13.9. The zero-order valence-electron chi connectivity index (χ0n) is 37.8. The molecule has 3 saturated heterocycles. The van der Waals surface area contributed by atoms with Crippen molar-refractivity contribution in [2.45, 2.75) is 69.9 Å². The zero-order chi connectivity index (χ0) is 47.1. The van der Waals surface area contributed by atoms with Crippen LogP contribution in [0.3, 0.4) is 0 Å². The molecule has 0 saturated carbocycles. The van der Waals surface area contributed by atoms with Crippen LogP contribution in [0.25, 0.3) is 22.2 Å². The Hall–Kier alpha value is -6.85. The molecule has 18 heteroatoms. The average Bonchev–Trinajstić information content (AvgIpc) is 3.90. The first kappa shape index (κ1) is 46.3. The van der Waals surface area contributed by atoms with Crippen molar-refractivity contribution in [1.29, 1.82) is 0 Å². The van der Waals surface area contributed by atoms with Crippen LogP contribution in [0.5, 0.6) is 5.75 Å². The van der Waals surface area contributed by atoms with Crippen LogP contribution in [-0.4, -0.2) is 136 Å². The fraction of sp³-hybridized carbons (Fsp3) is 0.400. The van der Waals surface area contributed by atoms with Gasteiger partial charge in [0.15, 0.2) is 6.61 Å². The number of carbonyl (C=O) groups excluding carboxylic acids is 6. The van der Waals surface area contributed by atoms with Crippen LogP contribution in [0, 0.1) is 0 Å². The van der Waals surface area contributed by atoms with Gasteiger partial charge in [0.2, 0.25) is 17.8 Å². The maximum Gasteiger partial charge on any atom is 0.266 e. The highest BCUT2D eigenvalue weighted by molar-refractivity contribution is 6.33. The van der Waals surface area contributed by atoms with Gasteiger partial charge in [0.1, 0.15) is 11.8 Å². The number of piperazine rings is 1. The van der Waals surface area contributed by atoms with E-state index < -0.39 is 29.7 Å². The topological polar surface area (TPSA) is 202 Å². The molecule has 0 radical (unpaired) electrons. The lowest BCUT2D eigenvalue weighted by Gasteiger charge is -2.36. The molecular formula is C50H55ClN10O7. The quantitative estimate of drug-likeness (QED) is 0.0659. The number of likely N-dealkylation sites (tertiary alicyclic amines) is 1. The largest absolute Gasteiger partial charge is 0.483 e. The first-order valence-corrected chi connectivity index (χ1v) is 24.0. The Bertz CT molecular complexity index is 2720. The summed E-state index contributed by atoms with van der Waals surface area (Å²) in [5.74, 6) is -2.19. The first-order chi connectivity index (χ1) is 33.1. The fourth-order valence-electron chi connectivity index (χ4n) is 9.62. The molecule has 3 fully saturated rings. The predicted octanol–water partition coefficient (Wildman–Crippen LogP) is 5.66. The standard InChI is InChI=1S/C50H55ClN10O7/c51-38-29-54-50(57-45(38)37-28-53-39-16-5-4-14-35(37)39)55-33-12-10-22-60(30-33)47(65)32-11-8-13-34(27-32)59-25-23-58(24-26-59)21-7-3-1-2-6-20-52-43(63)31-68-41-17-9-15-36-44(41)49(67)61(48(36)66)40-18-19-42(62)56-46(40)64/h4-5,8-9,11,13-17,27-29,33,40,53H,1-3,6-7,10,12,18-26,30-31H2,(H,52,63)(H,54,55,57)(H,56,62,64)/t33-,40?/m1/s1. The number of nitrogens with one attached hydrogen (secondary N) is 4. The van der Waals surface area contributed by atoms with E-state index in [1.165, 1.54) is 12.1 Å². The summed E-state index contributed by atoms with van der Waals surface area (Å²) in [7, 11) is 0. The lowest BCUT2D eigenvalue weighted by Crippen LogP contribution is -2.54. The third kappa shape index (κ3) is 10.3. The van der Waals surface area contributed by atoms with E-state index in [1.807, 2.05) is 53.6 Å². The van der Waals surface area contributed by atoms with Crippen molar-refractivity contribution in [2.24, 2.45) is 0 Å². The Balaban J connectivity index is 0.654. The van der Waals surface area contributed by atoms with E-state index in [0.29, 0.717) is 41.9 Å². The van der Waals surface area contributed by atoms with E-state index in [4.69, 9.17) is 21.3 Å². The number of rotatable bonds is 17. The maximum absolute atomic E-state index is 13.9. The number of unbranched alkanes of at least 4 members (excludes halogenated alkanes) is 4. The third-order valence-electron chi connectivity index (χ3n) is 13.2. The molecule has 0 spiro atoms. The van der Waals surface area contributed by atoms with Gasteiger partial charge in [0, 0.05) is 92.2 Å². The molecule has 6 heterocycles. The van der Waals surface area contributed by atoms with Crippen molar-refractivity contribution in [1.82, 2.24) is 40.3 Å². The normalized spacial score (nSPS) is 18.8. The van der Waals surface area contributed by atoms with Gasteiger partial charge in [-0.15, -0.1) is 0 Å². The average molecular weight is 944 g/mol. The van der Waals surface area contributed by atoms with E-state index in [9.17, 15) is 28.8 Å². The van der Waals surface area contributed by atoms with E-state index in [-0.39, 0.29) is 54.2 Å². The molecule has 9 rings (SSSR count). The van der Waals surface area contributed by atoms with Crippen molar-refractivity contribution >= 4 is 69.6 Å². The van der Waals surface area contributed by atoms with E-state index in [1.54, 1.807) is 12.3 Å². The molecule has 17 nitrogen and oxygen atoms in total. The van der Waals surface area contributed by atoms with Crippen LogP contribution in [0.4, 0.5) is 11.6 Å². The summed E-state index contributed by atoms with van der Waals surface area (Å²) < 4.78 is 5.69. The number of carbonyl (C=O) groups is 6. The second-order valence-corrected chi connectivity index (χ2v) is 18.2.